The number of hydrogen-bond donors (Lipinski definition) is 1. The lowest BCUT2D eigenvalue weighted by molar-refractivity contribution is -0.122. The first-order chi connectivity index (χ1) is 14.6. The van der Waals surface area contributed by atoms with E-state index in [1.807, 2.05) is 18.0 Å². The van der Waals surface area contributed by atoms with E-state index in [0.717, 1.165) is 32.2 Å². The van der Waals surface area contributed by atoms with Crippen LogP contribution in [-0.4, -0.2) is 63.3 Å². The quantitative estimate of drug-likeness (QED) is 0.814. The molecule has 2 aliphatic rings. The molecule has 2 fully saturated rings. The summed E-state index contributed by atoms with van der Waals surface area (Å²) in [5.41, 5.74) is 0.947. The predicted molar refractivity (Wildman–Crippen MR) is 111 cm³/mol. The minimum Gasteiger partial charge on any atom is -0.375 e. The first-order valence-corrected chi connectivity index (χ1v) is 10.7. The molecule has 2 aromatic rings. The van der Waals surface area contributed by atoms with Gasteiger partial charge in [-0.15, -0.1) is 0 Å². The highest BCUT2D eigenvalue weighted by Crippen LogP contribution is 2.37. The fraction of sp³-hybridized carbons (Fsp3) is 0.545. The number of aromatic nitrogens is 3. The number of nitrogens with one attached hydrogen (secondary N) is 1. The van der Waals surface area contributed by atoms with Gasteiger partial charge in [-0.3, -0.25) is 19.3 Å². The van der Waals surface area contributed by atoms with E-state index in [1.165, 1.54) is 0 Å². The number of amides is 2. The van der Waals surface area contributed by atoms with Gasteiger partial charge in [-0.25, -0.2) is 0 Å². The molecule has 1 unspecified atom stereocenters. The number of pyridine rings is 1. The van der Waals surface area contributed by atoms with Gasteiger partial charge >= 0.3 is 0 Å². The number of piperidine rings is 1. The van der Waals surface area contributed by atoms with E-state index in [4.69, 9.17) is 4.74 Å². The molecule has 160 valence electrons. The Morgan fingerprint density at radius 3 is 2.70 bits per heavy atom. The summed E-state index contributed by atoms with van der Waals surface area (Å²) in [4.78, 5) is 30.9. The van der Waals surface area contributed by atoms with Crippen LogP contribution in [0.25, 0.3) is 0 Å². The smallest absolute Gasteiger partial charge is 0.274 e. The molecular weight excluding hydrogens is 382 g/mol. The van der Waals surface area contributed by atoms with Crippen LogP contribution in [0.2, 0.25) is 0 Å². The summed E-state index contributed by atoms with van der Waals surface area (Å²) >= 11 is 0. The van der Waals surface area contributed by atoms with E-state index in [2.05, 4.69) is 15.4 Å². The minimum atomic E-state index is -0.191. The summed E-state index contributed by atoms with van der Waals surface area (Å²) in [6, 6.07) is 5.23. The first kappa shape index (κ1) is 20.5. The van der Waals surface area contributed by atoms with E-state index in [0.29, 0.717) is 43.4 Å². The normalized spacial score (nSPS) is 20.8. The van der Waals surface area contributed by atoms with Gasteiger partial charge in [-0.2, -0.15) is 5.10 Å². The van der Waals surface area contributed by atoms with Gasteiger partial charge in [0.05, 0.1) is 5.60 Å². The van der Waals surface area contributed by atoms with Crippen LogP contribution in [0.5, 0.6) is 0 Å². The molecule has 0 aliphatic carbocycles. The van der Waals surface area contributed by atoms with Crippen molar-refractivity contribution in [3.8, 4) is 0 Å². The van der Waals surface area contributed by atoms with Crippen molar-refractivity contribution in [3.05, 3.63) is 48.0 Å². The second-order valence-corrected chi connectivity index (χ2v) is 8.19. The second kappa shape index (κ2) is 8.95. The first-order valence-electron chi connectivity index (χ1n) is 10.7. The fourth-order valence-corrected chi connectivity index (χ4v) is 4.43. The van der Waals surface area contributed by atoms with Crippen molar-refractivity contribution in [1.82, 2.24) is 25.0 Å². The molecule has 8 heteroatoms. The highest BCUT2D eigenvalue weighted by atomic mass is 16.5. The van der Waals surface area contributed by atoms with Crippen molar-refractivity contribution < 1.29 is 14.3 Å². The Morgan fingerprint density at radius 1 is 1.23 bits per heavy atom. The Morgan fingerprint density at radius 2 is 2.00 bits per heavy atom. The summed E-state index contributed by atoms with van der Waals surface area (Å²) in [5.74, 6) is 0.311. The Bertz CT molecular complexity index is 874. The third-order valence-corrected chi connectivity index (χ3v) is 6.23. The Labute approximate surface area is 176 Å². The number of carbonyl (C=O) groups is 2. The predicted octanol–water partition coefficient (Wildman–Crippen LogP) is 2.13. The van der Waals surface area contributed by atoms with Crippen LogP contribution in [0.1, 0.15) is 53.5 Å². The molecule has 2 aromatic heterocycles. The Balaban J connectivity index is 1.29. The van der Waals surface area contributed by atoms with E-state index < -0.39 is 0 Å². The van der Waals surface area contributed by atoms with Crippen molar-refractivity contribution in [2.45, 2.75) is 44.8 Å². The van der Waals surface area contributed by atoms with Gasteiger partial charge < -0.3 is 15.0 Å². The molecular formula is C22H29N5O3. The van der Waals surface area contributed by atoms with Gasteiger partial charge in [0.1, 0.15) is 5.69 Å². The maximum absolute atomic E-state index is 12.7. The van der Waals surface area contributed by atoms with Crippen LogP contribution < -0.4 is 5.32 Å². The molecule has 1 spiro atoms. The number of aryl methyl sites for hydroxylation is 1. The number of carbonyl (C=O) groups excluding carboxylic acids is 2. The van der Waals surface area contributed by atoms with Gasteiger partial charge in [-0.1, -0.05) is 0 Å². The molecule has 4 heterocycles. The zero-order valence-corrected chi connectivity index (χ0v) is 17.4. The summed E-state index contributed by atoms with van der Waals surface area (Å²) in [6.45, 7) is 5.45. The molecule has 0 saturated carbocycles. The van der Waals surface area contributed by atoms with Gasteiger partial charge in [-0.05, 0) is 56.7 Å². The highest BCUT2D eigenvalue weighted by molar-refractivity contribution is 5.94. The minimum absolute atomic E-state index is 0.00553. The third-order valence-electron chi connectivity index (χ3n) is 6.23. The maximum atomic E-state index is 12.7. The standard InChI is InChI=1S/C22H29N5O3/c1-2-27-11-5-19(25-27)21(29)26-12-7-22(8-13-26)15-17(6-14-30-22)16-24-20(28)18-3-9-23-10-4-18/h3-5,9-11,17H,2,6-8,12-16H2,1H3,(H,24,28). The van der Waals surface area contributed by atoms with Gasteiger partial charge in [0.25, 0.3) is 11.8 Å². The molecule has 30 heavy (non-hydrogen) atoms. The van der Waals surface area contributed by atoms with E-state index in [1.54, 1.807) is 35.3 Å². The fourth-order valence-electron chi connectivity index (χ4n) is 4.43. The average molecular weight is 412 g/mol. The molecule has 0 bridgehead atoms. The van der Waals surface area contributed by atoms with Gasteiger partial charge in [0, 0.05) is 56.9 Å². The second-order valence-electron chi connectivity index (χ2n) is 8.19. The van der Waals surface area contributed by atoms with Crippen molar-refractivity contribution in [1.29, 1.82) is 0 Å². The number of ether oxygens (including phenoxy) is 1. The average Bonchev–Trinajstić information content (AvgIpc) is 3.28. The summed E-state index contributed by atoms with van der Waals surface area (Å²) in [6.07, 6.45) is 8.59. The van der Waals surface area contributed by atoms with Crippen LogP contribution in [0.3, 0.4) is 0 Å². The van der Waals surface area contributed by atoms with E-state index in [9.17, 15) is 9.59 Å². The maximum Gasteiger partial charge on any atom is 0.274 e. The number of rotatable bonds is 5. The van der Waals surface area contributed by atoms with Crippen molar-refractivity contribution in [2.24, 2.45) is 5.92 Å². The zero-order valence-electron chi connectivity index (χ0n) is 17.4. The zero-order chi connectivity index (χ0) is 21.0. The number of likely N-dealkylation sites (tertiary alicyclic amines) is 1. The SMILES string of the molecule is CCn1ccc(C(=O)N2CCC3(CC2)CC(CNC(=O)c2ccncc2)CCO3)n1. The molecule has 1 atom stereocenters. The van der Waals surface area contributed by atoms with E-state index >= 15 is 0 Å². The highest BCUT2D eigenvalue weighted by Gasteiger charge is 2.41. The number of hydrogen-bond acceptors (Lipinski definition) is 5. The summed E-state index contributed by atoms with van der Waals surface area (Å²) in [5, 5.41) is 7.39. The molecule has 0 aromatic carbocycles. The van der Waals surface area contributed by atoms with E-state index in [-0.39, 0.29) is 17.4 Å². The van der Waals surface area contributed by atoms with Crippen LogP contribution in [0, 0.1) is 5.92 Å². The monoisotopic (exact) mass is 411 g/mol. The van der Waals surface area contributed by atoms with Crippen LogP contribution in [0.15, 0.2) is 36.8 Å². The lowest BCUT2D eigenvalue weighted by Gasteiger charge is -2.46. The molecule has 2 saturated heterocycles. The van der Waals surface area contributed by atoms with Crippen LogP contribution >= 0.6 is 0 Å². The van der Waals surface area contributed by atoms with Crippen LogP contribution in [0.4, 0.5) is 0 Å². The van der Waals surface area contributed by atoms with Crippen LogP contribution in [-0.2, 0) is 11.3 Å². The topological polar surface area (TPSA) is 89.4 Å². The molecule has 8 nitrogen and oxygen atoms in total. The lowest BCUT2D eigenvalue weighted by atomic mass is 9.79. The Hall–Kier alpha value is -2.74. The van der Waals surface area contributed by atoms with Gasteiger partial charge in [0.15, 0.2) is 0 Å². The largest absolute Gasteiger partial charge is 0.375 e. The number of nitrogens with zero attached hydrogens (tertiary/aromatic N) is 4. The molecule has 1 N–H and O–H groups in total. The molecule has 2 amide bonds. The third kappa shape index (κ3) is 4.53. The lowest BCUT2D eigenvalue weighted by Crippen LogP contribution is -2.51. The summed E-state index contributed by atoms with van der Waals surface area (Å²) in [7, 11) is 0. The van der Waals surface area contributed by atoms with Crippen molar-refractivity contribution in [2.75, 3.05) is 26.2 Å². The summed E-state index contributed by atoms with van der Waals surface area (Å²) < 4.78 is 7.98. The molecule has 4 rings (SSSR count). The molecule has 0 radical (unpaired) electrons. The Kier molecular flexibility index (Phi) is 6.13. The molecule has 2 aliphatic heterocycles. The van der Waals surface area contributed by atoms with Crippen molar-refractivity contribution >= 4 is 11.8 Å². The van der Waals surface area contributed by atoms with Crippen molar-refractivity contribution in [3.63, 3.8) is 0 Å². The van der Waals surface area contributed by atoms with Gasteiger partial charge in [0.2, 0.25) is 0 Å².